The molecule has 1 unspecified atom stereocenters. The maximum absolute atomic E-state index is 5.21. The average molecular weight is 259 g/mol. The molecular weight excluding hydrogens is 230 g/mol. The fourth-order valence-corrected chi connectivity index (χ4v) is 2.05. The molecule has 4 heteroatoms. The van der Waals surface area contributed by atoms with Gasteiger partial charge in [0.15, 0.2) is 5.11 Å². The van der Waals surface area contributed by atoms with Crippen LogP contribution < -0.4 is 10.6 Å². The van der Waals surface area contributed by atoms with Gasteiger partial charge in [-0.2, -0.15) is 0 Å². The molecule has 0 heterocycles. The molecule has 17 heavy (non-hydrogen) atoms. The Bertz CT molecular complexity index is 193. The van der Waals surface area contributed by atoms with Gasteiger partial charge in [-0.15, -0.1) is 0 Å². The molecule has 0 bridgehead atoms. The third-order valence-electron chi connectivity index (χ3n) is 2.92. The molecule has 0 amide bonds. The number of hydrogen-bond acceptors (Lipinski definition) is 2. The third-order valence-corrected chi connectivity index (χ3v) is 3.18. The zero-order valence-corrected chi connectivity index (χ0v) is 12.7. The first-order valence-electron chi connectivity index (χ1n) is 6.90. The standard InChI is InChI=1S/C13H29N3S/c1-5-10-14-13(17)15-12(4)9-8-11-16(6-2)7-3/h12H,5-11H2,1-4H3,(H2,14,15,17). The summed E-state index contributed by atoms with van der Waals surface area (Å²) in [6, 6.07) is 0.461. The van der Waals surface area contributed by atoms with Crippen molar-refractivity contribution < 1.29 is 0 Å². The first-order chi connectivity index (χ1) is 8.13. The largest absolute Gasteiger partial charge is 0.363 e. The van der Waals surface area contributed by atoms with Crippen molar-refractivity contribution in [1.29, 1.82) is 0 Å². The van der Waals surface area contributed by atoms with Gasteiger partial charge in [0.25, 0.3) is 0 Å². The van der Waals surface area contributed by atoms with Crippen molar-refractivity contribution in [3.05, 3.63) is 0 Å². The van der Waals surface area contributed by atoms with E-state index in [0.29, 0.717) is 6.04 Å². The SMILES string of the molecule is CCCNC(=S)NC(C)CCCN(CC)CC. The fourth-order valence-electron chi connectivity index (χ4n) is 1.75. The van der Waals surface area contributed by atoms with Crippen LogP contribution in [0.5, 0.6) is 0 Å². The lowest BCUT2D eigenvalue weighted by Gasteiger charge is -2.20. The highest BCUT2D eigenvalue weighted by Gasteiger charge is 2.05. The molecule has 0 aliphatic heterocycles. The van der Waals surface area contributed by atoms with Crippen molar-refractivity contribution in [1.82, 2.24) is 15.5 Å². The van der Waals surface area contributed by atoms with Crippen LogP contribution in [0.15, 0.2) is 0 Å². The van der Waals surface area contributed by atoms with E-state index in [1.54, 1.807) is 0 Å². The number of hydrogen-bond donors (Lipinski definition) is 2. The predicted octanol–water partition coefficient (Wildman–Crippen LogP) is 2.37. The molecular formula is C13H29N3S. The molecule has 0 fully saturated rings. The van der Waals surface area contributed by atoms with E-state index in [1.165, 1.54) is 19.4 Å². The highest BCUT2D eigenvalue weighted by molar-refractivity contribution is 7.80. The lowest BCUT2D eigenvalue weighted by atomic mass is 10.2. The van der Waals surface area contributed by atoms with Crippen molar-refractivity contribution in [2.24, 2.45) is 0 Å². The highest BCUT2D eigenvalue weighted by Crippen LogP contribution is 1.99. The van der Waals surface area contributed by atoms with Gasteiger partial charge >= 0.3 is 0 Å². The van der Waals surface area contributed by atoms with Gasteiger partial charge in [-0.05, 0) is 58.0 Å². The van der Waals surface area contributed by atoms with E-state index >= 15 is 0 Å². The van der Waals surface area contributed by atoms with Gasteiger partial charge in [0.05, 0.1) is 0 Å². The Morgan fingerprint density at radius 3 is 2.41 bits per heavy atom. The van der Waals surface area contributed by atoms with Gasteiger partial charge < -0.3 is 15.5 Å². The van der Waals surface area contributed by atoms with Crippen LogP contribution in [-0.2, 0) is 0 Å². The van der Waals surface area contributed by atoms with Gasteiger partial charge in [-0.3, -0.25) is 0 Å². The monoisotopic (exact) mass is 259 g/mol. The smallest absolute Gasteiger partial charge is 0.166 e. The molecule has 0 radical (unpaired) electrons. The highest BCUT2D eigenvalue weighted by atomic mass is 32.1. The first kappa shape index (κ1) is 16.6. The summed E-state index contributed by atoms with van der Waals surface area (Å²) in [7, 11) is 0. The Hall–Kier alpha value is -0.350. The van der Waals surface area contributed by atoms with E-state index < -0.39 is 0 Å². The maximum Gasteiger partial charge on any atom is 0.166 e. The van der Waals surface area contributed by atoms with Crippen LogP contribution in [0.25, 0.3) is 0 Å². The van der Waals surface area contributed by atoms with Crippen LogP contribution in [0.1, 0.15) is 47.0 Å². The summed E-state index contributed by atoms with van der Waals surface area (Å²) >= 11 is 5.21. The van der Waals surface area contributed by atoms with Crippen molar-refractivity contribution in [3.63, 3.8) is 0 Å². The van der Waals surface area contributed by atoms with Crippen LogP contribution in [0.4, 0.5) is 0 Å². The Morgan fingerprint density at radius 2 is 1.88 bits per heavy atom. The zero-order chi connectivity index (χ0) is 13.1. The second-order valence-corrected chi connectivity index (χ2v) is 4.88. The van der Waals surface area contributed by atoms with E-state index in [-0.39, 0.29) is 0 Å². The quantitative estimate of drug-likeness (QED) is 0.622. The van der Waals surface area contributed by atoms with Gasteiger partial charge in [0.2, 0.25) is 0 Å². The van der Waals surface area contributed by atoms with Crippen molar-refractivity contribution in [2.75, 3.05) is 26.2 Å². The number of thiocarbonyl (C=S) groups is 1. The van der Waals surface area contributed by atoms with Gasteiger partial charge in [-0.25, -0.2) is 0 Å². The molecule has 0 aliphatic rings. The average Bonchev–Trinajstić information content (AvgIpc) is 2.32. The van der Waals surface area contributed by atoms with Crippen molar-refractivity contribution in [3.8, 4) is 0 Å². The second-order valence-electron chi connectivity index (χ2n) is 4.47. The van der Waals surface area contributed by atoms with E-state index in [0.717, 1.165) is 31.2 Å². The number of nitrogens with one attached hydrogen (secondary N) is 2. The van der Waals surface area contributed by atoms with Gasteiger partial charge in [0.1, 0.15) is 0 Å². The normalized spacial score (nSPS) is 12.5. The Kier molecular flexibility index (Phi) is 10.6. The van der Waals surface area contributed by atoms with E-state index in [2.05, 4.69) is 43.2 Å². The molecule has 0 rings (SSSR count). The summed E-state index contributed by atoms with van der Waals surface area (Å²) in [6.45, 7) is 13.2. The molecule has 0 spiro atoms. The molecule has 2 N–H and O–H groups in total. The van der Waals surface area contributed by atoms with E-state index in [4.69, 9.17) is 12.2 Å². The van der Waals surface area contributed by atoms with Crippen LogP contribution in [-0.4, -0.2) is 42.2 Å². The summed E-state index contributed by atoms with van der Waals surface area (Å²) in [5, 5.41) is 7.31. The molecule has 0 saturated heterocycles. The fraction of sp³-hybridized carbons (Fsp3) is 0.923. The minimum absolute atomic E-state index is 0.461. The van der Waals surface area contributed by atoms with Crippen LogP contribution in [0.2, 0.25) is 0 Å². The summed E-state index contributed by atoms with van der Waals surface area (Å²) in [4.78, 5) is 2.46. The lowest BCUT2D eigenvalue weighted by molar-refractivity contribution is 0.292. The van der Waals surface area contributed by atoms with Crippen LogP contribution in [0.3, 0.4) is 0 Å². The second kappa shape index (κ2) is 10.8. The third kappa shape index (κ3) is 9.36. The lowest BCUT2D eigenvalue weighted by Crippen LogP contribution is -2.41. The first-order valence-corrected chi connectivity index (χ1v) is 7.31. The van der Waals surface area contributed by atoms with E-state index in [9.17, 15) is 0 Å². The van der Waals surface area contributed by atoms with E-state index in [1.807, 2.05) is 0 Å². The molecule has 0 aromatic heterocycles. The molecule has 3 nitrogen and oxygen atoms in total. The maximum atomic E-state index is 5.21. The van der Waals surface area contributed by atoms with Crippen LogP contribution >= 0.6 is 12.2 Å². The predicted molar refractivity (Wildman–Crippen MR) is 80.5 cm³/mol. The van der Waals surface area contributed by atoms with Gasteiger partial charge in [-0.1, -0.05) is 20.8 Å². The zero-order valence-electron chi connectivity index (χ0n) is 11.9. The van der Waals surface area contributed by atoms with Crippen molar-refractivity contribution in [2.45, 2.75) is 53.0 Å². The summed E-state index contributed by atoms with van der Waals surface area (Å²) < 4.78 is 0. The Balaban J connectivity index is 3.58. The molecule has 0 saturated carbocycles. The topological polar surface area (TPSA) is 27.3 Å². The minimum Gasteiger partial charge on any atom is -0.363 e. The number of nitrogens with zero attached hydrogens (tertiary/aromatic N) is 1. The van der Waals surface area contributed by atoms with Crippen LogP contribution in [0, 0.1) is 0 Å². The molecule has 0 aromatic carbocycles. The summed E-state index contributed by atoms with van der Waals surface area (Å²) in [6.07, 6.45) is 3.51. The molecule has 0 aliphatic carbocycles. The summed E-state index contributed by atoms with van der Waals surface area (Å²) in [5.41, 5.74) is 0. The Morgan fingerprint density at radius 1 is 1.24 bits per heavy atom. The minimum atomic E-state index is 0.461. The number of rotatable bonds is 9. The van der Waals surface area contributed by atoms with Gasteiger partial charge in [0, 0.05) is 12.6 Å². The van der Waals surface area contributed by atoms with Crippen molar-refractivity contribution >= 4 is 17.3 Å². The molecule has 0 aromatic rings. The Labute approximate surface area is 112 Å². The summed E-state index contributed by atoms with van der Waals surface area (Å²) in [5.74, 6) is 0. The molecule has 1 atom stereocenters. The molecule has 102 valence electrons.